The van der Waals surface area contributed by atoms with Crippen molar-refractivity contribution in [2.75, 3.05) is 25.1 Å². The molecule has 0 aromatic carbocycles. The van der Waals surface area contributed by atoms with E-state index in [4.69, 9.17) is 4.74 Å². The molecule has 1 aromatic rings. The molecule has 4 nitrogen and oxygen atoms in total. The third-order valence-electron chi connectivity index (χ3n) is 3.41. The summed E-state index contributed by atoms with van der Waals surface area (Å²) in [6.07, 6.45) is 6.02. The Hall–Kier alpha value is -0.650. The normalized spacial score (nSPS) is 20.1. The SMILES string of the molecule is CN(CC1CCCCO1)c1ncc(CNC(C)(C)C)s1. The summed E-state index contributed by atoms with van der Waals surface area (Å²) in [7, 11) is 2.11. The van der Waals surface area contributed by atoms with Gasteiger partial charge in [-0.05, 0) is 40.0 Å². The lowest BCUT2D eigenvalue weighted by molar-refractivity contribution is 0.0216. The number of anilines is 1. The van der Waals surface area contributed by atoms with Crippen molar-refractivity contribution in [3.8, 4) is 0 Å². The van der Waals surface area contributed by atoms with Crippen molar-refractivity contribution in [1.82, 2.24) is 10.3 Å². The number of thiazole rings is 1. The highest BCUT2D eigenvalue weighted by Gasteiger charge is 2.18. The maximum Gasteiger partial charge on any atom is 0.185 e. The molecule has 0 bridgehead atoms. The third kappa shape index (κ3) is 5.04. The summed E-state index contributed by atoms with van der Waals surface area (Å²) >= 11 is 1.77. The predicted octanol–water partition coefficient (Wildman–Crippen LogP) is 3.04. The van der Waals surface area contributed by atoms with Crippen LogP contribution in [0.5, 0.6) is 0 Å². The van der Waals surface area contributed by atoms with E-state index in [1.165, 1.54) is 24.1 Å². The molecule has 1 atom stereocenters. The average molecular weight is 297 g/mol. The smallest absolute Gasteiger partial charge is 0.185 e. The van der Waals surface area contributed by atoms with Gasteiger partial charge in [-0.25, -0.2) is 4.98 Å². The van der Waals surface area contributed by atoms with E-state index in [2.05, 4.69) is 43.0 Å². The lowest BCUT2D eigenvalue weighted by Gasteiger charge is -2.27. The van der Waals surface area contributed by atoms with Crippen LogP contribution < -0.4 is 10.2 Å². The van der Waals surface area contributed by atoms with Crippen LogP contribution in [-0.4, -0.2) is 36.8 Å². The van der Waals surface area contributed by atoms with Gasteiger partial charge in [0.15, 0.2) is 5.13 Å². The van der Waals surface area contributed by atoms with Gasteiger partial charge < -0.3 is 15.0 Å². The van der Waals surface area contributed by atoms with Gasteiger partial charge in [-0.15, -0.1) is 11.3 Å². The highest BCUT2D eigenvalue weighted by molar-refractivity contribution is 7.15. The molecule has 1 N–H and O–H groups in total. The fourth-order valence-electron chi connectivity index (χ4n) is 2.24. The number of nitrogens with one attached hydrogen (secondary N) is 1. The average Bonchev–Trinajstić information content (AvgIpc) is 2.86. The molecule has 1 unspecified atom stereocenters. The zero-order valence-corrected chi connectivity index (χ0v) is 13.9. The summed E-state index contributed by atoms with van der Waals surface area (Å²) in [4.78, 5) is 8.04. The van der Waals surface area contributed by atoms with E-state index in [0.29, 0.717) is 6.10 Å². The van der Waals surface area contributed by atoms with Crippen molar-refractivity contribution < 1.29 is 4.74 Å². The Morgan fingerprint density at radius 1 is 1.45 bits per heavy atom. The summed E-state index contributed by atoms with van der Waals surface area (Å²) in [6, 6.07) is 0. The predicted molar refractivity (Wildman–Crippen MR) is 85.6 cm³/mol. The molecule has 114 valence electrons. The molecule has 1 aliphatic rings. The number of rotatable bonds is 5. The van der Waals surface area contributed by atoms with Crippen molar-refractivity contribution in [2.45, 2.75) is 58.2 Å². The first-order chi connectivity index (χ1) is 9.44. The van der Waals surface area contributed by atoms with E-state index >= 15 is 0 Å². The van der Waals surface area contributed by atoms with Crippen molar-refractivity contribution in [1.29, 1.82) is 0 Å². The van der Waals surface area contributed by atoms with Gasteiger partial charge >= 0.3 is 0 Å². The maximum atomic E-state index is 5.79. The number of hydrogen-bond acceptors (Lipinski definition) is 5. The van der Waals surface area contributed by atoms with Crippen LogP contribution >= 0.6 is 11.3 Å². The van der Waals surface area contributed by atoms with Crippen LogP contribution in [0.1, 0.15) is 44.9 Å². The summed E-state index contributed by atoms with van der Waals surface area (Å²) in [5, 5.41) is 4.59. The fraction of sp³-hybridized carbons (Fsp3) is 0.800. The Labute approximate surface area is 126 Å². The van der Waals surface area contributed by atoms with Gasteiger partial charge in [0.1, 0.15) is 0 Å². The van der Waals surface area contributed by atoms with Crippen LogP contribution in [0.2, 0.25) is 0 Å². The molecule has 5 heteroatoms. The molecule has 0 amide bonds. The molecule has 1 saturated heterocycles. The van der Waals surface area contributed by atoms with Crippen LogP contribution in [0, 0.1) is 0 Å². The van der Waals surface area contributed by atoms with Gasteiger partial charge in [-0.3, -0.25) is 0 Å². The summed E-state index contributed by atoms with van der Waals surface area (Å²) < 4.78 is 5.79. The van der Waals surface area contributed by atoms with Crippen LogP contribution in [0.4, 0.5) is 5.13 Å². The van der Waals surface area contributed by atoms with Gasteiger partial charge in [0, 0.05) is 43.4 Å². The molecule has 2 heterocycles. The number of aromatic nitrogens is 1. The molecule has 1 aromatic heterocycles. The first-order valence-electron chi connectivity index (χ1n) is 7.46. The minimum atomic E-state index is 0.145. The Kier molecular flexibility index (Phi) is 5.41. The Morgan fingerprint density at radius 2 is 2.25 bits per heavy atom. The molecule has 1 aliphatic heterocycles. The van der Waals surface area contributed by atoms with Crippen molar-refractivity contribution in [2.24, 2.45) is 0 Å². The molecular formula is C15H27N3OS. The zero-order valence-electron chi connectivity index (χ0n) is 13.1. The Balaban J connectivity index is 1.84. The lowest BCUT2D eigenvalue weighted by Crippen LogP contribution is -2.34. The Morgan fingerprint density at radius 3 is 2.90 bits per heavy atom. The minimum Gasteiger partial charge on any atom is -0.376 e. The quantitative estimate of drug-likeness (QED) is 0.906. The molecule has 0 spiro atoms. The topological polar surface area (TPSA) is 37.4 Å². The molecular weight excluding hydrogens is 270 g/mol. The number of nitrogens with zero attached hydrogens (tertiary/aromatic N) is 2. The Bertz CT molecular complexity index is 407. The highest BCUT2D eigenvalue weighted by Crippen LogP contribution is 2.23. The molecule has 0 saturated carbocycles. The van der Waals surface area contributed by atoms with Crippen LogP contribution in [0.25, 0.3) is 0 Å². The number of likely N-dealkylation sites (N-methyl/N-ethyl adjacent to an activating group) is 1. The van der Waals surface area contributed by atoms with Gasteiger partial charge in [0.25, 0.3) is 0 Å². The van der Waals surface area contributed by atoms with E-state index in [1.54, 1.807) is 11.3 Å². The van der Waals surface area contributed by atoms with E-state index in [-0.39, 0.29) is 5.54 Å². The van der Waals surface area contributed by atoms with Crippen LogP contribution in [0.15, 0.2) is 6.20 Å². The maximum absolute atomic E-state index is 5.79. The fourth-order valence-corrected chi connectivity index (χ4v) is 3.06. The largest absolute Gasteiger partial charge is 0.376 e. The zero-order chi connectivity index (χ0) is 14.6. The molecule has 0 radical (unpaired) electrons. The second kappa shape index (κ2) is 6.87. The minimum absolute atomic E-state index is 0.145. The van der Waals surface area contributed by atoms with Crippen LogP contribution in [-0.2, 0) is 11.3 Å². The van der Waals surface area contributed by atoms with Crippen molar-refractivity contribution in [3.05, 3.63) is 11.1 Å². The van der Waals surface area contributed by atoms with Crippen molar-refractivity contribution >= 4 is 16.5 Å². The standard InChI is InChI=1S/C15H27N3OS/c1-15(2,3)17-10-13-9-16-14(20-13)18(4)11-12-7-5-6-8-19-12/h9,12,17H,5-8,10-11H2,1-4H3. The second-order valence-corrected chi connectivity index (χ2v) is 7.68. The van der Waals surface area contributed by atoms with Gasteiger partial charge in [-0.1, -0.05) is 0 Å². The van der Waals surface area contributed by atoms with Crippen LogP contribution in [0.3, 0.4) is 0 Å². The number of hydrogen-bond donors (Lipinski definition) is 1. The molecule has 1 fully saturated rings. The highest BCUT2D eigenvalue weighted by atomic mass is 32.1. The van der Waals surface area contributed by atoms with Gasteiger partial charge in [-0.2, -0.15) is 0 Å². The van der Waals surface area contributed by atoms with Gasteiger partial charge in [0.05, 0.1) is 6.10 Å². The van der Waals surface area contributed by atoms with E-state index in [9.17, 15) is 0 Å². The first-order valence-corrected chi connectivity index (χ1v) is 8.28. The van der Waals surface area contributed by atoms with Crippen molar-refractivity contribution in [3.63, 3.8) is 0 Å². The van der Waals surface area contributed by atoms with E-state index < -0.39 is 0 Å². The second-order valence-electron chi connectivity index (χ2n) is 6.58. The summed E-state index contributed by atoms with van der Waals surface area (Å²) in [5.41, 5.74) is 0.145. The van der Waals surface area contributed by atoms with E-state index in [0.717, 1.165) is 24.8 Å². The molecule has 0 aliphatic carbocycles. The third-order valence-corrected chi connectivity index (χ3v) is 4.52. The van der Waals surface area contributed by atoms with E-state index in [1.807, 2.05) is 6.20 Å². The number of ether oxygens (including phenoxy) is 1. The monoisotopic (exact) mass is 297 g/mol. The summed E-state index contributed by atoms with van der Waals surface area (Å²) in [5.74, 6) is 0. The first kappa shape index (κ1) is 15.7. The molecule has 2 rings (SSSR count). The lowest BCUT2D eigenvalue weighted by atomic mass is 10.1. The van der Waals surface area contributed by atoms with Gasteiger partial charge in [0.2, 0.25) is 0 Å². The summed E-state index contributed by atoms with van der Waals surface area (Å²) in [6.45, 7) is 9.29. The molecule has 20 heavy (non-hydrogen) atoms.